The molecule has 26 N–H and O–H groups in total. The molecule has 43 heteroatoms. The predicted octanol–water partition coefficient (Wildman–Crippen LogP) is -17.4. The van der Waals surface area contributed by atoms with Gasteiger partial charge in [0.1, 0.15) is 183 Å². The zero-order valence-corrected chi connectivity index (χ0v) is 52.4. The van der Waals surface area contributed by atoms with Crippen LogP contribution in [-0.2, 0) is 80.7 Å². The summed E-state index contributed by atoms with van der Waals surface area (Å²) in [7, 11) is 0. The van der Waals surface area contributed by atoms with Crippen LogP contribution in [0.2, 0.25) is 0 Å². The van der Waals surface area contributed by atoms with Gasteiger partial charge in [0.25, 0.3) is 0 Å². The van der Waals surface area contributed by atoms with Crippen LogP contribution < -0.4 is 16.0 Å². The minimum Gasteiger partial charge on any atom is -0.394 e. The van der Waals surface area contributed by atoms with Gasteiger partial charge in [0.05, 0.1) is 65.0 Å². The van der Waals surface area contributed by atoms with Crippen LogP contribution in [0.5, 0.6) is 0 Å². The van der Waals surface area contributed by atoms with Gasteiger partial charge in [-0.3, -0.25) is 14.4 Å². The first-order chi connectivity index (χ1) is 45.8. The first-order valence-electron chi connectivity index (χ1n) is 30.9. The van der Waals surface area contributed by atoms with Gasteiger partial charge in [0.2, 0.25) is 17.7 Å². The molecule has 0 saturated carbocycles. The molecule has 43 nitrogen and oxygen atoms in total. The lowest BCUT2D eigenvalue weighted by atomic mass is 9.94. The number of hydrogen-bond acceptors (Lipinski definition) is 40. The van der Waals surface area contributed by atoms with E-state index in [1.54, 1.807) is 0 Å². The average molecular weight is 1420 g/mol. The highest BCUT2D eigenvalue weighted by Crippen LogP contribution is 2.37. The molecular weight excluding hydrogens is 1330 g/mol. The molecule has 7 aliphatic rings. The van der Waals surface area contributed by atoms with Crippen LogP contribution in [-0.4, -0.2) is 427 Å². The van der Waals surface area contributed by atoms with Gasteiger partial charge in [-0.15, -0.1) is 0 Å². The standard InChI is InChI=1S/C54H93N3O40/c1-13-27(68)35(76)39(80)50(86-13)84-11-18(67)43(28(69)17(5-58)55-14(2)64)93-48-25(56-15(3)65)33(74)45(23(10-63)90-48)95-53-42(83)46(96-52-41(82)37(78)30(71)20(7-60)88-52)32(73)24(92-53)12-85-54-47(38(79)31(72)21(8-61)89-54)97-49-26(57-16(4)66)34(75)44(22(9-62)91-49)94-51-40(81)36(77)29(70)19(6-59)87-51/h13,17-54,58-63,67-83H,5-12H2,1-4H3,(H,55,64)(H,56,65)(H,57,66)/t13-,17-,18+,19+,20+,21+,22+,23+,24+,25+,26+,27+,28+,29-,30+,31+,32+,33+,34+,35+,36-,37-,38-,39-,40+,41-,42-,43+,44+,45+,46-,47-,48-,49-,50+,51-,52+,53-,54-/m0/s1. The zero-order valence-electron chi connectivity index (χ0n) is 52.4. The Kier molecular flexibility index (Phi) is 30.1. The van der Waals surface area contributed by atoms with Gasteiger partial charge in [0.15, 0.2) is 44.0 Å². The van der Waals surface area contributed by atoms with Crippen molar-refractivity contribution in [3.63, 3.8) is 0 Å². The van der Waals surface area contributed by atoms with Crippen LogP contribution in [0.3, 0.4) is 0 Å². The second-order valence-electron chi connectivity index (χ2n) is 24.4. The lowest BCUT2D eigenvalue weighted by Gasteiger charge is -2.50. The summed E-state index contributed by atoms with van der Waals surface area (Å²) in [5, 5.41) is 258. The molecule has 3 amide bonds. The van der Waals surface area contributed by atoms with Gasteiger partial charge in [-0.1, -0.05) is 0 Å². The monoisotopic (exact) mass is 1420 g/mol. The fraction of sp³-hybridized carbons (Fsp3) is 0.944. The van der Waals surface area contributed by atoms with Crippen LogP contribution in [0.15, 0.2) is 0 Å². The van der Waals surface area contributed by atoms with E-state index in [1.165, 1.54) is 6.92 Å². The van der Waals surface area contributed by atoms with E-state index in [9.17, 15) is 132 Å². The third-order valence-electron chi connectivity index (χ3n) is 17.4. The SMILES string of the molecule is CC(=O)N[C@H]1[C@H](O[C@@H]([C@H](O)[C@H](CO)NC(C)=O)[C@H](O)CO[C@@H]2O[C@@H](C)[C@@H](O)[C@@H](O)[C@@H]2O)O[C@H](CO)[C@@H](O[C@@H]2O[C@H](CO[C@H]3O[C@H](CO)[C@@H](O)[C@H](O)[C@@H]3O[C@@H]3O[C@H](CO)[C@@H](O[C@@H]4O[C@H](CO)[C@H](O)[C@H](O)[C@H]4O)[C@H](O)[C@H]3NC(C)=O)[C@@H](O)[C@H](O[C@H]3O[C@H](CO)[C@@H](O)[C@H](O)[C@@H]3O)[C@@H]2O)[C@@H]1O. The van der Waals surface area contributed by atoms with Crippen LogP contribution in [0.4, 0.5) is 0 Å². The molecule has 564 valence electrons. The molecule has 0 bridgehead atoms. The van der Waals surface area contributed by atoms with Crippen molar-refractivity contribution < 1.29 is 198 Å². The smallest absolute Gasteiger partial charge is 0.217 e. The number of aliphatic hydroxyl groups excluding tert-OH is 23. The maximum Gasteiger partial charge on any atom is 0.217 e. The van der Waals surface area contributed by atoms with Crippen molar-refractivity contribution in [1.29, 1.82) is 0 Å². The summed E-state index contributed by atoms with van der Waals surface area (Å²) in [6.07, 6.45) is -72.0. The zero-order chi connectivity index (χ0) is 71.9. The van der Waals surface area contributed by atoms with Crippen molar-refractivity contribution in [2.24, 2.45) is 0 Å². The van der Waals surface area contributed by atoms with E-state index in [1.807, 2.05) is 0 Å². The Balaban J connectivity index is 1.18. The largest absolute Gasteiger partial charge is 0.394 e. The van der Waals surface area contributed by atoms with Gasteiger partial charge in [0, 0.05) is 20.8 Å². The normalized spacial score (nSPS) is 46.5. The molecule has 7 saturated heterocycles. The number of aliphatic hydroxyl groups is 23. The Morgan fingerprint density at radius 3 is 1.26 bits per heavy atom. The van der Waals surface area contributed by atoms with Crippen molar-refractivity contribution in [2.75, 3.05) is 52.9 Å². The van der Waals surface area contributed by atoms with Crippen LogP contribution in [0.25, 0.3) is 0 Å². The minimum atomic E-state index is -2.41. The van der Waals surface area contributed by atoms with Crippen molar-refractivity contribution in [3.05, 3.63) is 0 Å². The summed E-state index contributed by atoms with van der Waals surface area (Å²) in [5.74, 6) is -2.67. The fourth-order valence-corrected chi connectivity index (χ4v) is 12.0. The molecular formula is C54H93N3O40. The van der Waals surface area contributed by atoms with E-state index < -0.39 is 310 Å². The fourth-order valence-electron chi connectivity index (χ4n) is 12.0. The number of amides is 3. The van der Waals surface area contributed by atoms with Gasteiger partial charge in [-0.05, 0) is 6.92 Å². The topological polar surface area (TPSA) is 682 Å². The van der Waals surface area contributed by atoms with Gasteiger partial charge in [-0.2, -0.15) is 0 Å². The predicted molar refractivity (Wildman–Crippen MR) is 300 cm³/mol. The summed E-state index contributed by atoms with van der Waals surface area (Å²) in [6.45, 7) is -4.18. The number of nitrogens with one attached hydrogen (secondary N) is 3. The molecule has 7 heterocycles. The van der Waals surface area contributed by atoms with E-state index in [4.69, 9.17) is 66.3 Å². The quantitative estimate of drug-likeness (QED) is 0.0346. The summed E-state index contributed by atoms with van der Waals surface area (Å²) in [5.41, 5.74) is 0. The van der Waals surface area contributed by atoms with Crippen LogP contribution in [0.1, 0.15) is 27.7 Å². The molecule has 0 aliphatic carbocycles. The number of ether oxygens (including phenoxy) is 14. The van der Waals surface area contributed by atoms with Crippen LogP contribution in [0, 0.1) is 0 Å². The third kappa shape index (κ3) is 18.7. The highest BCUT2D eigenvalue weighted by molar-refractivity contribution is 5.74. The van der Waals surface area contributed by atoms with Crippen molar-refractivity contribution in [3.8, 4) is 0 Å². The molecule has 7 fully saturated rings. The van der Waals surface area contributed by atoms with E-state index in [0.717, 1.165) is 20.8 Å². The molecule has 0 aromatic heterocycles. The Hall–Kier alpha value is -3.07. The number of rotatable bonds is 28. The van der Waals surface area contributed by atoms with Gasteiger partial charge < -0.3 is 200 Å². The van der Waals surface area contributed by atoms with Crippen molar-refractivity contribution in [2.45, 2.75) is 267 Å². The summed E-state index contributed by atoms with van der Waals surface area (Å²) >= 11 is 0. The lowest BCUT2D eigenvalue weighted by molar-refractivity contribution is -0.388. The molecule has 0 spiro atoms. The second-order valence-corrected chi connectivity index (χ2v) is 24.4. The Morgan fingerprint density at radius 1 is 0.381 bits per heavy atom. The van der Waals surface area contributed by atoms with E-state index in [2.05, 4.69) is 16.0 Å². The van der Waals surface area contributed by atoms with Gasteiger partial charge in [-0.25, -0.2) is 0 Å². The average Bonchev–Trinajstić information content (AvgIpc) is 0.778. The number of carbonyl (C=O) groups excluding carboxylic acids is 3. The second kappa shape index (κ2) is 35.9. The van der Waals surface area contributed by atoms with Crippen molar-refractivity contribution >= 4 is 17.7 Å². The third-order valence-corrected chi connectivity index (χ3v) is 17.4. The highest BCUT2D eigenvalue weighted by Gasteiger charge is 2.58. The number of carbonyl (C=O) groups is 3. The molecule has 7 rings (SSSR count). The highest BCUT2D eigenvalue weighted by atomic mass is 16.8. The molecule has 97 heavy (non-hydrogen) atoms. The Morgan fingerprint density at radius 2 is 0.784 bits per heavy atom. The first kappa shape index (κ1) is 81.2. The summed E-state index contributed by atoms with van der Waals surface area (Å²) < 4.78 is 81.3. The van der Waals surface area contributed by atoms with Crippen molar-refractivity contribution in [1.82, 2.24) is 16.0 Å². The lowest BCUT2D eigenvalue weighted by Crippen LogP contribution is -2.70. The molecule has 0 radical (unpaired) electrons. The van der Waals surface area contributed by atoms with E-state index in [0.29, 0.717) is 0 Å². The van der Waals surface area contributed by atoms with E-state index >= 15 is 0 Å². The number of hydrogen-bond donors (Lipinski definition) is 26. The molecule has 7 aliphatic heterocycles. The molecule has 39 atom stereocenters. The van der Waals surface area contributed by atoms with E-state index in [-0.39, 0.29) is 0 Å². The maximum atomic E-state index is 12.9. The first-order valence-corrected chi connectivity index (χ1v) is 30.9. The summed E-state index contributed by atoms with van der Waals surface area (Å²) in [4.78, 5) is 37.8. The molecule has 0 aromatic rings. The van der Waals surface area contributed by atoms with Crippen LogP contribution >= 0.6 is 0 Å². The Labute approximate surface area is 550 Å². The van der Waals surface area contributed by atoms with Gasteiger partial charge >= 0.3 is 0 Å². The maximum absolute atomic E-state index is 12.9. The Bertz CT molecular complexity index is 2440. The summed E-state index contributed by atoms with van der Waals surface area (Å²) in [6, 6.07) is -5.48. The molecule has 0 aromatic carbocycles. The molecule has 0 unspecified atom stereocenters. The minimum absolute atomic E-state index is 0.822.